The first kappa shape index (κ1) is 19.1. The lowest BCUT2D eigenvalue weighted by Crippen LogP contribution is -2.41. The quantitative estimate of drug-likeness (QED) is 0.726. The predicted molar refractivity (Wildman–Crippen MR) is 116 cm³/mol. The van der Waals surface area contributed by atoms with Gasteiger partial charge in [-0.25, -0.2) is 4.98 Å². The Morgan fingerprint density at radius 1 is 1.32 bits per heavy atom. The summed E-state index contributed by atoms with van der Waals surface area (Å²) in [6, 6.07) is 4.05. The number of halogens is 1. The Labute approximate surface area is 171 Å². The molecule has 1 saturated heterocycles. The number of imidazole rings is 1. The minimum Gasteiger partial charge on any atom is -0.356 e. The summed E-state index contributed by atoms with van der Waals surface area (Å²) in [7, 11) is 0. The molecule has 2 aliphatic rings. The van der Waals surface area contributed by atoms with Gasteiger partial charge >= 0.3 is 0 Å². The molecule has 4 rings (SSSR count). The number of nitrogens with one attached hydrogen (secondary N) is 1. The zero-order chi connectivity index (χ0) is 19.7. The maximum absolute atomic E-state index is 12.4. The van der Waals surface area contributed by atoms with Crippen molar-refractivity contribution in [3.05, 3.63) is 40.9 Å². The van der Waals surface area contributed by atoms with Gasteiger partial charge in [0.25, 0.3) is 0 Å². The maximum Gasteiger partial charge on any atom is 0.223 e. The third-order valence-corrected chi connectivity index (χ3v) is 6.09. The smallest absolute Gasteiger partial charge is 0.223 e. The van der Waals surface area contributed by atoms with Crippen LogP contribution in [0.15, 0.2) is 30.4 Å². The fourth-order valence-corrected chi connectivity index (χ4v) is 4.02. The number of benzene rings is 1. The second kappa shape index (κ2) is 8.00. The molecular formula is C22H27ClN4O. The Hall–Kier alpha value is -2.27. The van der Waals surface area contributed by atoms with E-state index in [0.717, 1.165) is 78.6 Å². The number of unbranched alkanes of at least 4 members (excludes halogenated alkanes) is 1. The van der Waals surface area contributed by atoms with Crippen molar-refractivity contribution in [3.8, 4) is 0 Å². The minimum absolute atomic E-state index is 0.102. The average molecular weight is 399 g/mol. The molecule has 5 nitrogen and oxygen atoms in total. The summed E-state index contributed by atoms with van der Waals surface area (Å²) >= 11 is 6.33. The molecule has 0 unspecified atom stereocenters. The summed E-state index contributed by atoms with van der Waals surface area (Å²) in [5, 5.41) is 3.82. The molecule has 0 bridgehead atoms. The predicted octanol–water partition coefficient (Wildman–Crippen LogP) is 4.54. The van der Waals surface area contributed by atoms with Gasteiger partial charge in [0.05, 0.1) is 11.0 Å². The first-order valence-electron chi connectivity index (χ1n) is 10.2. The van der Waals surface area contributed by atoms with Gasteiger partial charge in [0, 0.05) is 36.3 Å². The van der Waals surface area contributed by atoms with Crippen molar-refractivity contribution in [3.63, 3.8) is 0 Å². The molecular weight excluding hydrogens is 372 g/mol. The topological polar surface area (TPSA) is 50.2 Å². The van der Waals surface area contributed by atoms with Crippen LogP contribution >= 0.6 is 11.6 Å². The van der Waals surface area contributed by atoms with Gasteiger partial charge in [-0.2, -0.15) is 0 Å². The summed E-state index contributed by atoms with van der Waals surface area (Å²) in [4.78, 5) is 19.6. The number of allylic oxidation sites excluding steroid dienone is 4. The average Bonchev–Trinajstić information content (AvgIpc) is 2.99. The van der Waals surface area contributed by atoms with Gasteiger partial charge in [0.1, 0.15) is 0 Å². The van der Waals surface area contributed by atoms with Crippen LogP contribution in [0.2, 0.25) is 5.02 Å². The van der Waals surface area contributed by atoms with Crippen LogP contribution < -0.4 is 10.2 Å². The number of aromatic nitrogens is 2. The summed E-state index contributed by atoms with van der Waals surface area (Å²) < 4.78 is 2.21. The lowest BCUT2D eigenvalue weighted by molar-refractivity contribution is -0.125. The molecule has 0 spiro atoms. The van der Waals surface area contributed by atoms with E-state index in [9.17, 15) is 4.79 Å². The highest BCUT2D eigenvalue weighted by molar-refractivity contribution is 6.32. The molecule has 0 radical (unpaired) electrons. The van der Waals surface area contributed by atoms with Gasteiger partial charge in [0.2, 0.25) is 11.9 Å². The molecule has 1 aromatic heterocycles. The Kier molecular flexibility index (Phi) is 5.44. The third-order valence-electron chi connectivity index (χ3n) is 5.69. The van der Waals surface area contributed by atoms with Gasteiger partial charge < -0.3 is 10.2 Å². The molecule has 148 valence electrons. The maximum atomic E-state index is 12.4. The fraction of sp³-hybridized carbons (Fsp3) is 0.455. The molecule has 2 aromatic rings. The Balaban J connectivity index is 1.54. The molecule has 1 aromatic carbocycles. The third kappa shape index (κ3) is 3.55. The van der Waals surface area contributed by atoms with Gasteiger partial charge in [-0.3, -0.25) is 9.36 Å². The van der Waals surface area contributed by atoms with Crippen molar-refractivity contribution in [1.82, 2.24) is 14.9 Å². The van der Waals surface area contributed by atoms with Gasteiger partial charge in [0.15, 0.2) is 0 Å². The van der Waals surface area contributed by atoms with Crippen LogP contribution in [0, 0.1) is 12.8 Å². The zero-order valence-corrected chi connectivity index (χ0v) is 17.3. The second-order valence-electron chi connectivity index (χ2n) is 7.69. The van der Waals surface area contributed by atoms with Crippen LogP contribution in [0.25, 0.3) is 16.7 Å². The fourth-order valence-electron chi connectivity index (χ4n) is 3.86. The summed E-state index contributed by atoms with van der Waals surface area (Å²) in [5.74, 6) is 1.25. The summed E-state index contributed by atoms with van der Waals surface area (Å²) in [5.41, 5.74) is 4.17. The zero-order valence-electron chi connectivity index (χ0n) is 16.5. The van der Waals surface area contributed by atoms with Gasteiger partial charge in [-0.15, -0.1) is 0 Å². The van der Waals surface area contributed by atoms with Gasteiger partial charge in [-0.1, -0.05) is 31.0 Å². The number of hydrogen-bond acceptors (Lipinski definition) is 3. The molecule has 6 heteroatoms. The minimum atomic E-state index is 0.102. The molecule has 1 fully saturated rings. The summed E-state index contributed by atoms with van der Waals surface area (Å²) in [6.07, 6.45) is 10.1. The molecule has 1 aliphatic heterocycles. The molecule has 2 heterocycles. The van der Waals surface area contributed by atoms with E-state index in [1.54, 1.807) is 0 Å². The number of rotatable bonds is 6. The van der Waals surface area contributed by atoms with Crippen LogP contribution in [0.5, 0.6) is 0 Å². The molecule has 0 atom stereocenters. The number of carbonyl (C=O) groups is 1. The number of hydrogen-bond donors (Lipinski definition) is 1. The molecule has 0 saturated carbocycles. The standard InChI is InChI=1S/C22H27ClN4O/c1-3-4-10-24-21(28)16-8-11-26(12-9-16)22-25-19-14-18(23)15(2)13-20(19)27(22)17-6-5-7-17/h5-7,13-14,16H,3-4,8-12H2,1-2H3,(H,24,28). The number of anilines is 1. The summed E-state index contributed by atoms with van der Waals surface area (Å²) in [6.45, 7) is 6.61. The van der Waals surface area contributed by atoms with Crippen LogP contribution in [-0.2, 0) is 4.79 Å². The number of fused-ring (bicyclic) bond motifs is 1. The van der Waals surface area contributed by atoms with Crippen molar-refractivity contribution < 1.29 is 4.79 Å². The van der Waals surface area contributed by atoms with E-state index in [1.807, 2.05) is 19.1 Å². The van der Waals surface area contributed by atoms with Crippen molar-refractivity contribution in [2.24, 2.45) is 5.92 Å². The number of amides is 1. The number of carbonyl (C=O) groups excluding carboxylic acids is 1. The number of nitrogens with zero attached hydrogens (tertiary/aromatic N) is 3. The van der Waals surface area contributed by atoms with E-state index in [1.165, 1.54) is 0 Å². The van der Waals surface area contributed by atoms with Crippen molar-refractivity contribution in [2.45, 2.75) is 39.5 Å². The lowest BCUT2D eigenvalue weighted by atomic mass is 9.96. The Bertz CT molecular complexity index is 951. The molecule has 1 amide bonds. The van der Waals surface area contributed by atoms with E-state index in [-0.39, 0.29) is 11.8 Å². The van der Waals surface area contributed by atoms with Crippen molar-refractivity contribution >= 4 is 40.2 Å². The number of aryl methyl sites for hydroxylation is 1. The SMILES string of the molecule is CCCCNC(=O)C1CCN(c2nc3cc(Cl)c(C)cc3n2C2=CC=C2)CC1. The van der Waals surface area contributed by atoms with E-state index in [4.69, 9.17) is 16.6 Å². The molecule has 28 heavy (non-hydrogen) atoms. The first-order valence-corrected chi connectivity index (χ1v) is 10.6. The van der Waals surface area contributed by atoms with Crippen molar-refractivity contribution in [2.75, 3.05) is 24.5 Å². The van der Waals surface area contributed by atoms with Gasteiger partial charge in [-0.05, 0) is 56.0 Å². The normalized spacial score (nSPS) is 17.0. The molecule has 1 N–H and O–H groups in total. The largest absolute Gasteiger partial charge is 0.356 e. The van der Waals surface area contributed by atoms with E-state index < -0.39 is 0 Å². The van der Waals surface area contributed by atoms with Crippen LogP contribution in [0.4, 0.5) is 5.95 Å². The Morgan fingerprint density at radius 3 is 2.71 bits per heavy atom. The number of piperidine rings is 1. The van der Waals surface area contributed by atoms with E-state index in [2.05, 4.69) is 39.9 Å². The highest BCUT2D eigenvalue weighted by atomic mass is 35.5. The lowest BCUT2D eigenvalue weighted by Gasteiger charge is -2.32. The second-order valence-corrected chi connectivity index (χ2v) is 8.10. The highest BCUT2D eigenvalue weighted by Gasteiger charge is 2.28. The van der Waals surface area contributed by atoms with Crippen molar-refractivity contribution in [1.29, 1.82) is 0 Å². The van der Waals surface area contributed by atoms with E-state index >= 15 is 0 Å². The van der Waals surface area contributed by atoms with Crippen LogP contribution in [-0.4, -0.2) is 35.1 Å². The molecule has 1 aliphatic carbocycles. The van der Waals surface area contributed by atoms with E-state index in [0.29, 0.717) is 0 Å². The van der Waals surface area contributed by atoms with Crippen LogP contribution in [0.1, 0.15) is 38.2 Å². The Morgan fingerprint density at radius 2 is 2.07 bits per heavy atom. The monoisotopic (exact) mass is 398 g/mol. The highest BCUT2D eigenvalue weighted by Crippen LogP contribution is 2.34. The first-order chi connectivity index (χ1) is 13.6. The van der Waals surface area contributed by atoms with Crippen LogP contribution in [0.3, 0.4) is 0 Å².